The highest BCUT2D eigenvalue weighted by atomic mass is 35.5. The van der Waals surface area contributed by atoms with E-state index >= 15 is 0 Å². The molecular weight excluding hydrogens is 298 g/mol. The van der Waals surface area contributed by atoms with Crippen molar-refractivity contribution in [3.63, 3.8) is 0 Å². The van der Waals surface area contributed by atoms with Gasteiger partial charge in [0.2, 0.25) is 0 Å². The second-order valence-corrected chi connectivity index (χ2v) is 7.45. The summed E-state index contributed by atoms with van der Waals surface area (Å²) in [5, 5.41) is 1.35. The number of hydrogen-bond acceptors (Lipinski definition) is 3. The lowest BCUT2D eigenvalue weighted by Gasteiger charge is -2.06. The van der Waals surface area contributed by atoms with E-state index in [0.717, 1.165) is 17.2 Å². The van der Waals surface area contributed by atoms with Crippen LogP contribution in [-0.4, -0.2) is 30.8 Å². The molecule has 0 fully saturated rings. The Morgan fingerprint density at radius 1 is 1.30 bits per heavy atom. The van der Waals surface area contributed by atoms with Crippen molar-refractivity contribution in [3.05, 3.63) is 35.0 Å². The molecule has 1 heterocycles. The average molecular weight is 314 g/mol. The van der Waals surface area contributed by atoms with Crippen molar-refractivity contribution in [2.45, 2.75) is 19.9 Å². The van der Waals surface area contributed by atoms with Crippen molar-refractivity contribution in [2.24, 2.45) is 0 Å². The van der Waals surface area contributed by atoms with Crippen LogP contribution in [0, 0.1) is 0 Å². The Labute approximate surface area is 123 Å². The Morgan fingerprint density at radius 2 is 2.05 bits per heavy atom. The van der Waals surface area contributed by atoms with Gasteiger partial charge in [-0.2, -0.15) is 0 Å². The van der Waals surface area contributed by atoms with Crippen molar-refractivity contribution in [3.8, 4) is 0 Å². The third-order valence-electron chi connectivity index (χ3n) is 3.16. The van der Waals surface area contributed by atoms with Crippen molar-refractivity contribution in [2.75, 3.05) is 11.5 Å². The fourth-order valence-electron chi connectivity index (χ4n) is 2.22. The number of carbonyl (C=O) groups is 1. The summed E-state index contributed by atoms with van der Waals surface area (Å²) in [5.41, 5.74) is 1.33. The van der Waals surface area contributed by atoms with Crippen molar-refractivity contribution in [1.29, 1.82) is 0 Å². The molecule has 0 aliphatic heterocycles. The zero-order valence-corrected chi connectivity index (χ0v) is 12.7. The molecule has 2 rings (SSSR count). The lowest BCUT2D eigenvalue weighted by atomic mass is 10.2. The summed E-state index contributed by atoms with van der Waals surface area (Å²) < 4.78 is 25.3. The third-order valence-corrected chi connectivity index (χ3v) is 5.23. The standard InChI is InChI=1S/C14H16ClNO3S/c1-2-6-20(18,19)7-5-16-9-11(10-17)13-4-3-12(15)8-14(13)16/h3-4,8-10H,2,5-7H2,1H3. The van der Waals surface area contributed by atoms with Gasteiger partial charge in [-0.1, -0.05) is 24.6 Å². The number of hydrogen-bond donors (Lipinski definition) is 0. The van der Waals surface area contributed by atoms with E-state index < -0.39 is 9.84 Å². The number of sulfone groups is 1. The molecule has 108 valence electrons. The number of benzene rings is 1. The first-order valence-electron chi connectivity index (χ1n) is 6.41. The SMILES string of the molecule is CCCS(=O)(=O)CCn1cc(C=O)c2ccc(Cl)cc21. The van der Waals surface area contributed by atoms with Gasteiger partial charge in [0.05, 0.1) is 11.3 Å². The normalized spacial score (nSPS) is 11.9. The number of aldehydes is 1. The van der Waals surface area contributed by atoms with Crippen molar-refractivity contribution >= 4 is 38.6 Å². The van der Waals surface area contributed by atoms with E-state index in [2.05, 4.69) is 0 Å². The monoisotopic (exact) mass is 313 g/mol. The highest BCUT2D eigenvalue weighted by Crippen LogP contribution is 2.24. The number of carbonyl (C=O) groups excluding carboxylic acids is 1. The molecule has 0 unspecified atom stereocenters. The molecule has 0 bridgehead atoms. The van der Waals surface area contributed by atoms with Crippen LogP contribution in [0.1, 0.15) is 23.7 Å². The van der Waals surface area contributed by atoms with Gasteiger partial charge in [-0.3, -0.25) is 4.79 Å². The van der Waals surface area contributed by atoms with Gasteiger partial charge in [-0.05, 0) is 18.6 Å². The van der Waals surface area contributed by atoms with Crippen molar-refractivity contribution < 1.29 is 13.2 Å². The average Bonchev–Trinajstić information content (AvgIpc) is 2.74. The Kier molecular flexibility index (Phi) is 4.50. The molecule has 6 heteroatoms. The fourth-order valence-corrected chi connectivity index (χ4v) is 3.69. The molecule has 0 amide bonds. The van der Waals surface area contributed by atoms with E-state index in [4.69, 9.17) is 11.6 Å². The summed E-state index contributed by atoms with van der Waals surface area (Å²) in [5.74, 6) is 0.253. The highest BCUT2D eigenvalue weighted by Gasteiger charge is 2.13. The number of rotatable bonds is 6. The van der Waals surface area contributed by atoms with Gasteiger partial charge in [0, 0.05) is 34.5 Å². The number of nitrogens with zero attached hydrogens (tertiary/aromatic N) is 1. The maximum atomic E-state index is 11.8. The van der Waals surface area contributed by atoms with E-state index in [1.807, 2.05) is 6.92 Å². The molecule has 0 aliphatic carbocycles. The third kappa shape index (κ3) is 3.22. The van der Waals surface area contributed by atoms with Crippen LogP contribution in [0.25, 0.3) is 10.9 Å². The minimum atomic E-state index is -3.05. The first-order valence-corrected chi connectivity index (χ1v) is 8.61. The zero-order valence-electron chi connectivity index (χ0n) is 11.2. The van der Waals surface area contributed by atoms with Crippen LogP contribution in [0.15, 0.2) is 24.4 Å². The lowest BCUT2D eigenvalue weighted by molar-refractivity contribution is 0.112. The first kappa shape index (κ1) is 15.1. The molecule has 0 N–H and O–H groups in total. The van der Waals surface area contributed by atoms with Crippen LogP contribution in [0.5, 0.6) is 0 Å². The van der Waals surface area contributed by atoms with Gasteiger partial charge in [0.25, 0.3) is 0 Å². The van der Waals surface area contributed by atoms with Crippen LogP contribution in [-0.2, 0) is 16.4 Å². The summed E-state index contributed by atoms with van der Waals surface area (Å²) in [4.78, 5) is 11.1. The topological polar surface area (TPSA) is 56.1 Å². The molecule has 0 saturated heterocycles. The van der Waals surface area contributed by atoms with Gasteiger partial charge >= 0.3 is 0 Å². The van der Waals surface area contributed by atoms with E-state index in [9.17, 15) is 13.2 Å². The van der Waals surface area contributed by atoms with E-state index in [-0.39, 0.29) is 11.5 Å². The number of halogens is 1. The van der Waals surface area contributed by atoms with Gasteiger partial charge in [0.15, 0.2) is 16.1 Å². The minimum absolute atomic E-state index is 0.0649. The summed E-state index contributed by atoms with van der Waals surface area (Å²) in [6.45, 7) is 2.17. The lowest BCUT2D eigenvalue weighted by Crippen LogP contribution is -2.15. The zero-order chi connectivity index (χ0) is 14.8. The number of aryl methyl sites for hydroxylation is 1. The van der Waals surface area contributed by atoms with E-state index in [0.29, 0.717) is 23.6 Å². The minimum Gasteiger partial charge on any atom is -0.346 e. The smallest absolute Gasteiger partial charge is 0.152 e. The Bertz CT molecular complexity index is 734. The largest absolute Gasteiger partial charge is 0.346 e. The van der Waals surface area contributed by atoms with Crippen LogP contribution < -0.4 is 0 Å². The van der Waals surface area contributed by atoms with Crippen LogP contribution in [0.3, 0.4) is 0 Å². The quantitative estimate of drug-likeness (QED) is 0.770. The van der Waals surface area contributed by atoms with Gasteiger partial charge in [-0.25, -0.2) is 8.42 Å². The molecule has 0 spiro atoms. The molecule has 0 radical (unpaired) electrons. The molecule has 1 aromatic carbocycles. The van der Waals surface area contributed by atoms with Gasteiger partial charge in [0.1, 0.15) is 0 Å². The highest BCUT2D eigenvalue weighted by molar-refractivity contribution is 7.91. The molecule has 2 aromatic rings. The molecule has 1 aromatic heterocycles. The van der Waals surface area contributed by atoms with Crippen LogP contribution >= 0.6 is 11.6 Å². The number of fused-ring (bicyclic) bond motifs is 1. The second kappa shape index (κ2) is 5.97. The summed E-state index contributed by atoms with van der Waals surface area (Å²) in [7, 11) is -3.05. The van der Waals surface area contributed by atoms with E-state index in [1.165, 1.54) is 0 Å². The van der Waals surface area contributed by atoms with Crippen molar-refractivity contribution in [1.82, 2.24) is 4.57 Å². The Balaban J connectivity index is 2.35. The molecule has 0 aliphatic rings. The van der Waals surface area contributed by atoms with Crippen LogP contribution in [0.4, 0.5) is 0 Å². The predicted octanol–water partition coefficient (Wildman–Crippen LogP) is 2.93. The first-order chi connectivity index (χ1) is 9.46. The molecule has 0 atom stereocenters. The molecule has 20 heavy (non-hydrogen) atoms. The van der Waals surface area contributed by atoms with E-state index in [1.54, 1.807) is 29.0 Å². The predicted molar refractivity (Wildman–Crippen MR) is 81.3 cm³/mol. The summed E-state index contributed by atoms with van der Waals surface area (Å²) in [6, 6.07) is 5.24. The van der Waals surface area contributed by atoms with Crippen LogP contribution in [0.2, 0.25) is 5.02 Å². The summed E-state index contributed by atoms with van der Waals surface area (Å²) >= 11 is 5.96. The van der Waals surface area contributed by atoms with Gasteiger partial charge < -0.3 is 4.57 Å². The Hall–Kier alpha value is -1.33. The molecular formula is C14H16ClNO3S. The van der Waals surface area contributed by atoms with Gasteiger partial charge in [-0.15, -0.1) is 0 Å². The molecule has 0 saturated carbocycles. The Morgan fingerprint density at radius 3 is 2.70 bits per heavy atom. The summed E-state index contributed by atoms with van der Waals surface area (Å²) in [6.07, 6.45) is 3.06. The maximum Gasteiger partial charge on any atom is 0.152 e. The second-order valence-electron chi connectivity index (χ2n) is 4.71. The fraction of sp³-hybridized carbons (Fsp3) is 0.357. The number of aromatic nitrogens is 1. The maximum absolute atomic E-state index is 11.8. The molecule has 4 nitrogen and oxygen atoms in total.